The maximum Gasteiger partial charge on any atom is 0.337 e. The zero-order valence-electron chi connectivity index (χ0n) is 18.2. The van der Waals surface area contributed by atoms with Gasteiger partial charge in [0.1, 0.15) is 17.6 Å². The molecular formula is C26H24Cl2N2O4. The van der Waals surface area contributed by atoms with Crippen LogP contribution >= 0.6 is 24.0 Å². The lowest BCUT2D eigenvalue weighted by atomic mass is 9.88. The van der Waals surface area contributed by atoms with Crippen LogP contribution in [0.3, 0.4) is 0 Å². The number of carboxylic acid groups (broad SMARTS) is 1. The molecule has 8 heteroatoms. The number of hydrogen-bond acceptors (Lipinski definition) is 5. The minimum atomic E-state index is -1.17. The summed E-state index contributed by atoms with van der Waals surface area (Å²) in [5.74, 6) is -0.202. The molecule has 0 aliphatic heterocycles. The standard InChI is InChI=1S/C26H23ClN2O4.ClH/c27-20-3-1-2-17(10-20)25(30)15-29-21-7-4-16-5-8-22(12-19(16)11-21)33-23-9-6-18(14-28)24(13-23)26(31)32;/h1-3,5-6,8-10,12-13,21,25,29-30H,4,7,11,15H2,(H,31,32);1H/t21-,25+;/m0./s1. The van der Waals surface area contributed by atoms with Crippen LogP contribution in [-0.4, -0.2) is 28.8 Å². The number of aryl methyl sites for hydroxylation is 1. The molecule has 4 rings (SSSR count). The van der Waals surface area contributed by atoms with Crippen molar-refractivity contribution in [1.82, 2.24) is 5.32 Å². The van der Waals surface area contributed by atoms with Crippen LogP contribution in [0.25, 0.3) is 0 Å². The van der Waals surface area contributed by atoms with E-state index in [1.54, 1.807) is 18.2 Å². The number of hydrogen-bond donors (Lipinski definition) is 3. The lowest BCUT2D eigenvalue weighted by Gasteiger charge is -2.27. The SMILES string of the molecule is Cl.N#Cc1ccc(Oc2ccc3c(c2)C[C@@H](NC[C@@H](O)c2cccc(Cl)c2)CC3)cc1C(=O)O. The second kappa shape index (κ2) is 11.4. The Morgan fingerprint density at radius 3 is 2.65 bits per heavy atom. The number of ether oxygens (including phenoxy) is 1. The van der Waals surface area contributed by atoms with Gasteiger partial charge in [0.05, 0.1) is 17.2 Å². The van der Waals surface area contributed by atoms with E-state index < -0.39 is 12.1 Å². The lowest BCUT2D eigenvalue weighted by Crippen LogP contribution is -2.37. The summed E-state index contributed by atoms with van der Waals surface area (Å²) in [4.78, 5) is 11.4. The van der Waals surface area contributed by atoms with Crippen molar-refractivity contribution in [3.63, 3.8) is 0 Å². The number of carbonyl (C=O) groups is 1. The highest BCUT2D eigenvalue weighted by molar-refractivity contribution is 6.30. The normalized spacial score (nSPS) is 15.4. The average molecular weight is 499 g/mol. The van der Waals surface area contributed by atoms with E-state index >= 15 is 0 Å². The molecular weight excluding hydrogens is 475 g/mol. The van der Waals surface area contributed by atoms with Crippen molar-refractivity contribution in [2.75, 3.05) is 6.54 Å². The number of halogens is 2. The molecule has 0 saturated heterocycles. The summed E-state index contributed by atoms with van der Waals surface area (Å²) >= 11 is 6.02. The molecule has 6 nitrogen and oxygen atoms in total. The fourth-order valence-corrected chi connectivity index (χ4v) is 4.28. The van der Waals surface area contributed by atoms with Gasteiger partial charge in [-0.2, -0.15) is 5.26 Å². The van der Waals surface area contributed by atoms with Crippen LogP contribution in [-0.2, 0) is 12.8 Å². The highest BCUT2D eigenvalue weighted by Crippen LogP contribution is 2.30. The molecule has 0 spiro atoms. The molecule has 0 radical (unpaired) electrons. The number of nitrogens with one attached hydrogen (secondary N) is 1. The maximum absolute atomic E-state index is 11.4. The van der Waals surface area contributed by atoms with Gasteiger partial charge in [0.2, 0.25) is 0 Å². The van der Waals surface area contributed by atoms with Crippen molar-refractivity contribution in [3.8, 4) is 17.6 Å². The fraction of sp³-hybridized carbons (Fsp3) is 0.231. The Bertz CT molecular complexity index is 1230. The second-order valence-electron chi connectivity index (χ2n) is 8.08. The van der Waals surface area contributed by atoms with Crippen LogP contribution in [0.2, 0.25) is 5.02 Å². The third kappa shape index (κ3) is 6.07. The Kier molecular flexibility index (Phi) is 8.54. The molecule has 3 aromatic carbocycles. The molecule has 0 saturated carbocycles. The van der Waals surface area contributed by atoms with Gasteiger partial charge >= 0.3 is 5.97 Å². The molecule has 34 heavy (non-hydrogen) atoms. The monoisotopic (exact) mass is 498 g/mol. The third-order valence-corrected chi connectivity index (χ3v) is 6.05. The van der Waals surface area contributed by atoms with E-state index in [1.807, 2.05) is 36.4 Å². The molecule has 0 aromatic heterocycles. The molecule has 2 atom stereocenters. The summed E-state index contributed by atoms with van der Waals surface area (Å²) in [7, 11) is 0. The highest BCUT2D eigenvalue weighted by Gasteiger charge is 2.20. The van der Waals surface area contributed by atoms with Crippen molar-refractivity contribution in [3.05, 3.63) is 93.5 Å². The van der Waals surface area contributed by atoms with Crippen LogP contribution in [0.15, 0.2) is 60.7 Å². The maximum atomic E-state index is 11.4. The topological polar surface area (TPSA) is 103 Å². The minimum Gasteiger partial charge on any atom is -0.478 e. The first kappa shape index (κ1) is 25.5. The minimum absolute atomic E-state index is 0. The fourth-order valence-electron chi connectivity index (χ4n) is 4.08. The van der Waals surface area contributed by atoms with Gasteiger partial charge in [-0.05, 0) is 78.4 Å². The van der Waals surface area contributed by atoms with E-state index in [4.69, 9.17) is 21.6 Å². The van der Waals surface area contributed by atoms with E-state index in [0.717, 1.165) is 30.4 Å². The number of benzene rings is 3. The quantitative estimate of drug-likeness (QED) is 0.408. The Hall–Kier alpha value is -3.08. The zero-order valence-corrected chi connectivity index (χ0v) is 19.8. The molecule has 0 heterocycles. The van der Waals surface area contributed by atoms with Gasteiger partial charge in [-0.25, -0.2) is 4.79 Å². The van der Waals surface area contributed by atoms with Crippen molar-refractivity contribution in [2.24, 2.45) is 0 Å². The van der Waals surface area contributed by atoms with Gasteiger partial charge in [-0.1, -0.05) is 29.8 Å². The summed E-state index contributed by atoms with van der Waals surface area (Å²) in [5.41, 5.74) is 3.19. The van der Waals surface area contributed by atoms with Crippen molar-refractivity contribution < 1.29 is 19.7 Å². The van der Waals surface area contributed by atoms with Crippen LogP contribution in [0.4, 0.5) is 0 Å². The van der Waals surface area contributed by atoms with Crippen LogP contribution in [0.5, 0.6) is 11.5 Å². The lowest BCUT2D eigenvalue weighted by molar-refractivity contribution is 0.0696. The summed E-state index contributed by atoms with van der Waals surface area (Å²) in [6, 6.07) is 19.6. The summed E-state index contributed by atoms with van der Waals surface area (Å²) in [6.07, 6.45) is 2.04. The predicted octanol–water partition coefficient (Wildman–Crippen LogP) is 5.30. The highest BCUT2D eigenvalue weighted by atomic mass is 35.5. The number of nitrogens with zero attached hydrogens (tertiary/aromatic N) is 1. The molecule has 1 aliphatic carbocycles. The van der Waals surface area contributed by atoms with E-state index in [1.165, 1.54) is 17.7 Å². The van der Waals surface area contributed by atoms with Gasteiger partial charge in [-0.3, -0.25) is 0 Å². The number of nitriles is 1. The second-order valence-corrected chi connectivity index (χ2v) is 8.51. The van der Waals surface area contributed by atoms with Crippen LogP contribution < -0.4 is 10.1 Å². The first-order valence-electron chi connectivity index (χ1n) is 10.7. The average Bonchev–Trinajstić information content (AvgIpc) is 2.82. The Morgan fingerprint density at radius 1 is 1.15 bits per heavy atom. The number of aliphatic hydroxyl groups is 1. The smallest absolute Gasteiger partial charge is 0.337 e. The summed E-state index contributed by atoms with van der Waals surface area (Å²) < 4.78 is 5.89. The van der Waals surface area contributed by atoms with Crippen molar-refractivity contribution in [1.29, 1.82) is 5.26 Å². The number of carboxylic acids is 1. The Balaban J connectivity index is 0.00000324. The van der Waals surface area contributed by atoms with E-state index in [0.29, 0.717) is 23.1 Å². The molecule has 0 fully saturated rings. The Labute approximate surface area is 209 Å². The van der Waals surface area contributed by atoms with Gasteiger partial charge < -0.3 is 20.3 Å². The van der Waals surface area contributed by atoms with Gasteiger partial charge in [0.25, 0.3) is 0 Å². The van der Waals surface area contributed by atoms with Crippen LogP contribution in [0.1, 0.15) is 45.1 Å². The molecule has 1 aliphatic rings. The zero-order chi connectivity index (χ0) is 23.4. The van der Waals surface area contributed by atoms with Gasteiger partial charge in [-0.15, -0.1) is 12.4 Å². The van der Waals surface area contributed by atoms with E-state index in [9.17, 15) is 15.0 Å². The van der Waals surface area contributed by atoms with Gasteiger partial charge in [0, 0.05) is 17.6 Å². The Morgan fingerprint density at radius 2 is 1.91 bits per heavy atom. The first-order valence-corrected chi connectivity index (χ1v) is 11.0. The predicted molar refractivity (Wildman–Crippen MR) is 132 cm³/mol. The van der Waals surface area contributed by atoms with Crippen molar-refractivity contribution >= 4 is 30.0 Å². The summed E-state index contributed by atoms with van der Waals surface area (Å²) in [5, 5.41) is 32.9. The largest absolute Gasteiger partial charge is 0.478 e. The summed E-state index contributed by atoms with van der Waals surface area (Å²) in [6.45, 7) is 0.430. The van der Waals surface area contributed by atoms with Crippen molar-refractivity contribution in [2.45, 2.75) is 31.4 Å². The molecule has 3 N–H and O–H groups in total. The molecule has 0 bridgehead atoms. The molecule has 0 unspecified atom stereocenters. The van der Waals surface area contributed by atoms with Crippen LogP contribution in [0, 0.1) is 11.3 Å². The third-order valence-electron chi connectivity index (χ3n) is 5.82. The number of fused-ring (bicyclic) bond motifs is 1. The van der Waals surface area contributed by atoms with E-state index in [2.05, 4.69) is 5.32 Å². The van der Waals surface area contributed by atoms with Gasteiger partial charge in [0.15, 0.2) is 0 Å². The molecule has 3 aromatic rings. The number of aliphatic hydroxyl groups excluding tert-OH is 1. The first-order chi connectivity index (χ1) is 15.9. The number of aromatic carboxylic acids is 1. The molecule has 0 amide bonds. The number of rotatable bonds is 7. The molecule has 176 valence electrons. The van der Waals surface area contributed by atoms with E-state index in [-0.39, 0.29) is 29.6 Å².